The van der Waals surface area contributed by atoms with Crippen LogP contribution in [0.5, 0.6) is 0 Å². The molecule has 0 bridgehead atoms. The minimum Gasteiger partial charge on any atom is -1.00 e. The number of carbonyl (C=O) groups is 2. The van der Waals surface area contributed by atoms with Gasteiger partial charge in [-0.2, -0.15) is 0 Å². The maximum atomic E-state index is 10.3. The molecule has 0 heterocycles. The van der Waals surface area contributed by atoms with Crippen LogP contribution in [-0.4, -0.2) is 94.1 Å². The molecule has 2 N–H and O–H groups in total. The number of carboxylic acid groups (broad SMARTS) is 2. The van der Waals surface area contributed by atoms with E-state index in [1.54, 1.807) is 0 Å². The number of aliphatic carboxylic acids is 2. The summed E-state index contributed by atoms with van der Waals surface area (Å²) in [5.74, 6) is -1.31. The van der Waals surface area contributed by atoms with Crippen molar-refractivity contribution >= 4 is 83.9 Å². The van der Waals surface area contributed by atoms with Gasteiger partial charge in [0.05, 0.1) is 0 Å². The van der Waals surface area contributed by atoms with Gasteiger partial charge in [0.2, 0.25) is 0 Å². The van der Waals surface area contributed by atoms with Gasteiger partial charge in [0.1, 0.15) is 0 Å². The van der Waals surface area contributed by atoms with Crippen molar-refractivity contribution in [3.8, 4) is 0 Å². The van der Waals surface area contributed by atoms with Gasteiger partial charge in [0.25, 0.3) is 0 Å². The molecule has 0 radical (unpaired) electrons. The van der Waals surface area contributed by atoms with Crippen LogP contribution in [0, 0.1) is 0 Å². The average molecular weight is 735 g/mol. The molecule has 0 aliphatic carbocycles. The molecule has 0 saturated heterocycles. The van der Waals surface area contributed by atoms with Gasteiger partial charge in [0, 0.05) is 12.8 Å². The van der Waals surface area contributed by atoms with E-state index in [4.69, 9.17) is 10.2 Å². The van der Waals surface area contributed by atoms with Crippen LogP contribution in [0.4, 0.5) is 0 Å². The molecule has 0 aliphatic heterocycles. The fraction of sp³-hybridized carbons (Fsp3) is 0.944. The van der Waals surface area contributed by atoms with Gasteiger partial charge in [0.15, 0.2) is 0 Å². The fourth-order valence-corrected chi connectivity index (χ4v) is 5.30. The summed E-state index contributed by atoms with van der Waals surface area (Å²) in [4.78, 5) is 20.7. The van der Waals surface area contributed by atoms with E-state index in [1.165, 1.54) is 167 Å². The van der Waals surface area contributed by atoms with Crippen LogP contribution in [0.25, 0.3) is 0 Å². The van der Waals surface area contributed by atoms with Crippen molar-refractivity contribution in [2.75, 3.05) is 0 Å². The van der Waals surface area contributed by atoms with Crippen LogP contribution in [0.15, 0.2) is 0 Å². The number of carboxylic acids is 2. The molecule has 0 unspecified atom stereocenters. The minimum atomic E-state index is -0.653. The molecule has 0 aliphatic rings. The van der Waals surface area contributed by atoms with Crippen LogP contribution in [0.3, 0.4) is 0 Å². The van der Waals surface area contributed by atoms with Crippen molar-refractivity contribution in [1.82, 2.24) is 0 Å². The second kappa shape index (κ2) is 46.7. The van der Waals surface area contributed by atoms with Crippen LogP contribution in [0.2, 0.25) is 0 Å². The molecule has 0 aromatic rings. The zero-order valence-electron chi connectivity index (χ0n) is 32.8. The van der Waals surface area contributed by atoms with E-state index in [0.717, 1.165) is 25.7 Å². The molecule has 0 aromatic heterocycles. The fourth-order valence-electron chi connectivity index (χ4n) is 5.30. The van der Waals surface area contributed by atoms with Gasteiger partial charge >= 0.3 is 83.9 Å². The van der Waals surface area contributed by atoms with E-state index in [0.29, 0.717) is 12.8 Å². The van der Waals surface area contributed by atoms with Gasteiger partial charge in [-0.05, 0) is 12.8 Å². The van der Waals surface area contributed by atoms with Crippen LogP contribution in [-0.2, 0) is 9.59 Å². The van der Waals surface area contributed by atoms with Crippen molar-refractivity contribution in [2.24, 2.45) is 0 Å². The Hall–Kier alpha value is 1.28. The Morgan fingerprint density at radius 1 is 0.357 bits per heavy atom. The van der Waals surface area contributed by atoms with E-state index < -0.39 is 11.9 Å². The molecule has 248 valence electrons. The molecule has 0 saturated carbocycles. The summed E-state index contributed by atoms with van der Waals surface area (Å²) in [7, 11) is 0. The van der Waals surface area contributed by atoms with Gasteiger partial charge < -0.3 is 15.9 Å². The van der Waals surface area contributed by atoms with E-state index in [1.807, 2.05) is 0 Å². The first kappa shape index (κ1) is 50.1. The second-order valence-electron chi connectivity index (χ2n) is 12.2. The van der Waals surface area contributed by atoms with Crippen LogP contribution < -0.4 is 0 Å². The van der Waals surface area contributed by atoms with Crippen molar-refractivity contribution in [3.63, 3.8) is 0 Å². The molecule has 0 amide bonds. The van der Waals surface area contributed by atoms with E-state index >= 15 is 0 Å². The van der Waals surface area contributed by atoms with Gasteiger partial charge in [-0.3, -0.25) is 9.59 Å². The predicted octanol–water partition coefficient (Wildman–Crippen LogP) is 12.4. The van der Waals surface area contributed by atoms with E-state index in [9.17, 15) is 9.59 Å². The van der Waals surface area contributed by atoms with Crippen molar-refractivity contribution in [2.45, 2.75) is 219 Å². The standard InChI is InChI=1S/2C18H36O2.Ba.Mg.4H/c2*1-2-3-4-5-6-7-8-9-10-11-12-13-14-15-16-17-18(19)20;;;;;;/h2*2-17H2,1H3,(H,19,20);;;;;;/q;;2*+2;4*-1. The Morgan fingerprint density at radius 3 is 0.643 bits per heavy atom. The largest absolute Gasteiger partial charge is 2.00 e. The van der Waals surface area contributed by atoms with Crippen molar-refractivity contribution in [1.29, 1.82) is 0 Å². The predicted molar refractivity (Wildman–Crippen MR) is 190 cm³/mol. The Kier molecular flexibility index (Phi) is 55.7. The zero-order chi connectivity index (χ0) is 29.8. The van der Waals surface area contributed by atoms with Crippen LogP contribution >= 0.6 is 0 Å². The third-order valence-corrected chi connectivity index (χ3v) is 7.99. The molecule has 4 nitrogen and oxygen atoms in total. The maximum Gasteiger partial charge on any atom is 2.00 e. The summed E-state index contributed by atoms with van der Waals surface area (Å²) in [5, 5.41) is 17.0. The van der Waals surface area contributed by atoms with Gasteiger partial charge in [-0.1, -0.05) is 194 Å². The third-order valence-electron chi connectivity index (χ3n) is 7.99. The second-order valence-corrected chi connectivity index (χ2v) is 12.2. The Morgan fingerprint density at radius 2 is 0.500 bits per heavy atom. The summed E-state index contributed by atoms with van der Waals surface area (Å²) in [6.07, 6.45) is 40.4. The Labute approximate surface area is 325 Å². The molecule has 0 fully saturated rings. The number of hydrogen-bond donors (Lipinski definition) is 2. The first-order valence-corrected chi connectivity index (χ1v) is 18.0. The van der Waals surface area contributed by atoms with Crippen LogP contribution in [0.1, 0.15) is 225 Å². The molecule has 0 atom stereocenters. The molecule has 42 heavy (non-hydrogen) atoms. The first-order valence-electron chi connectivity index (χ1n) is 18.0. The zero-order valence-corrected chi connectivity index (χ0v) is 34.6. The van der Waals surface area contributed by atoms with Gasteiger partial charge in [-0.15, -0.1) is 0 Å². The molecule has 0 spiro atoms. The normalized spacial score (nSPS) is 10.3. The number of hydrogen-bond acceptors (Lipinski definition) is 2. The summed E-state index contributed by atoms with van der Waals surface area (Å²) in [6, 6.07) is 0. The quantitative estimate of drug-likeness (QED) is 0.0533. The average Bonchev–Trinajstić information content (AvgIpc) is 2.93. The Bertz CT molecular complexity index is 480. The Balaban J connectivity index is -0.0000000926. The molecule has 0 aromatic carbocycles. The molecule has 6 heteroatoms. The summed E-state index contributed by atoms with van der Waals surface area (Å²) >= 11 is 0. The van der Waals surface area contributed by atoms with Crippen molar-refractivity contribution in [3.05, 3.63) is 0 Å². The first-order chi connectivity index (χ1) is 19.5. The molecular weight excluding hydrogens is 658 g/mol. The van der Waals surface area contributed by atoms with Gasteiger partial charge in [-0.25, -0.2) is 0 Å². The minimum absolute atomic E-state index is 0. The summed E-state index contributed by atoms with van der Waals surface area (Å²) in [5.41, 5.74) is 0. The van der Waals surface area contributed by atoms with E-state index in [-0.39, 0.29) is 77.6 Å². The molecule has 0 rings (SSSR count). The van der Waals surface area contributed by atoms with Crippen molar-refractivity contribution < 1.29 is 25.5 Å². The monoisotopic (exact) mass is 734 g/mol. The molecular formula is C36H76BaMgO4. The van der Waals surface area contributed by atoms with E-state index in [2.05, 4.69) is 13.8 Å². The smallest absolute Gasteiger partial charge is 1.00 e. The number of unbranched alkanes of at least 4 members (excludes halogenated alkanes) is 28. The maximum absolute atomic E-state index is 10.3. The SMILES string of the molecule is CCCCCCCCCCCCCCCCCC(=O)O.CCCCCCCCCCCCCCCCCC(=O)O.[Ba+2].[H-].[H-].[H-].[H-].[Mg+2]. The summed E-state index contributed by atoms with van der Waals surface area (Å²) < 4.78 is 0. The topological polar surface area (TPSA) is 74.6 Å². The third kappa shape index (κ3) is 53.8. The summed E-state index contributed by atoms with van der Waals surface area (Å²) in [6.45, 7) is 4.54. The number of rotatable bonds is 32.